The van der Waals surface area contributed by atoms with Crippen LogP contribution in [0.25, 0.3) is 0 Å². The van der Waals surface area contributed by atoms with Gasteiger partial charge in [0.2, 0.25) is 0 Å². The Morgan fingerprint density at radius 1 is 0.867 bits per heavy atom. The molecule has 2 nitrogen and oxygen atoms in total. The molecule has 0 saturated heterocycles. The molecule has 3 aromatic rings. The van der Waals surface area contributed by atoms with Gasteiger partial charge in [0.15, 0.2) is 11.6 Å². The van der Waals surface area contributed by atoms with Crippen molar-refractivity contribution in [1.82, 2.24) is 9.47 Å². The van der Waals surface area contributed by atoms with E-state index >= 15 is 0 Å². The molecule has 158 valence electrons. The third-order valence-electron chi connectivity index (χ3n) is 5.33. The van der Waals surface area contributed by atoms with Crippen LogP contribution in [0.2, 0.25) is 0 Å². The van der Waals surface area contributed by atoms with Gasteiger partial charge in [-0.3, -0.25) is 4.90 Å². The number of aryl methyl sites for hydroxylation is 1. The van der Waals surface area contributed by atoms with Crippen LogP contribution in [0.1, 0.15) is 34.8 Å². The molecule has 0 saturated carbocycles. The van der Waals surface area contributed by atoms with Crippen LogP contribution >= 0.6 is 0 Å². The number of benzene rings is 2. The number of fused-ring (bicyclic) bond motifs is 1. The molecule has 2 aromatic carbocycles. The fourth-order valence-corrected chi connectivity index (χ4v) is 3.99. The Kier molecular flexibility index (Phi) is 5.36. The maximum atomic E-state index is 14.7. The smallest absolute Gasteiger partial charge is 0.350 e. The maximum Gasteiger partial charge on any atom is 0.416 e. The molecular formula is C22H18F6N2. The van der Waals surface area contributed by atoms with Gasteiger partial charge in [0.1, 0.15) is 5.82 Å². The molecule has 1 atom stereocenters. The first kappa shape index (κ1) is 20.5. The van der Waals surface area contributed by atoms with Gasteiger partial charge >= 0.3 is 6.18 Å². The van der Waals surface area contributed by atoms with Crippen molar-refractivity contribution in [3.8, 4) is 0 Å². The van der Waals surface area contributed by atoms with E-state index in [1.165, 1.54) is 6.07 Å². The topological polar surface area (TPSA) is 8.17 Å². The molecule has 1 aromatic heterocycles. The molecule has 30 heavy (non-hydrogen) atoms. The van der Waals surface area contributed by atoms with Gasteiger partial charge in [0.05, 0.1) is 11.6 Å². The third-order valence-corrected chi connectivity index (χ3v) is 5.33. The molecule has 1 aliphatic heterocycles. The van der Waals surface area contributed by atoms with E-state index in [0.29, 0.717) is 36.8 Å². The number of aromatic nitrogens is 1. The number of nitrogens with zero attached hydrogens (tertiary/aromatic N) is 2. The van der Waals surface area contributed by atoms with Crippen molar-refractivity contribution in [2.75, 3.05) is 6.54 Å². The number of halogens is 6. The summed E-state index contributed by atoms with van der Waals surface area (Å²) in [7, 11) is 0. The summed E-state index contributed by atoms with van der Waals surface area (Å²) in [6.45, 7) is 1.17. The van der Waals surface area contributed by atoms with Gasteiger partial charge in [0.25, 0.3) is 0 Å². The Morgan fingerprint density at radius 2 is 1.63 bits per heavy atom. The fraction of sp³-hybridized carbons (Fsp3) is 0.273. The zero-order valence-corrected chi connectivity index (χ0v) is 15.8. The number of hydrogen-bond donors (Lipinski definition) is 0. The second-order valence-electron chi connectivity index (χ2n) is 7.34. The zero-order valence-electron chi connectivity index (χ0n) is 15.8. The van der Waals surface area contributed by atoms with E-state index in [0.717, 1.165) is 18.2 Å². The third kappa shape index (κ3) is 3.96. The first-order valence-corrected chi connectivity index (χ1v) is 9.43. The maximum absolute atomic E-state index is 14.7. The van der Waals surface area contributed by atoms with Crippen LogP contribution in [0, 0.1) is 17.5 Å². The van der Waals surface area contributed by atoms with Crippen molar-refractivity contribution in [2.45, 2.75) is 31.7 Å². The predicted molar refractivity (Wildman–Crippen MR) is 99.1 cm³/mol. The molecule has 0 radical (unpaired) electrons. The van der Waals surface area contributed by atoms with E-state index in [1.807, 2.05) is 10.8 Å². The largest absolute Gasteiger partial charge is 0.416 e. The summed E-state index contributed by atoms with van der Waals surface area (Å²) in [4.78, 5) is 1.80. The molecule has 0 amide bonds. The van der Waals surface area contributed by atoms with Gasteiger partial charge in [-0.15, -0.1) is 0 Å². The Morgan fingerprint density at radius 3 is 2.40 bits per heavy atom. The second-order valence-corrected chi connectivity index (χ2v) is 7.34. The first-order chi connectivity index (χ1) is 14.2. The lowest BCUT2D eigenvalue weighted by atomic mass is 9.99. The van der Waals surface area contributed by atoms with Crippen LogP contribution in [0.15, 0.2) is 54.7 Å². The first-order valence-electron chi connectivity index (χ1n) is 9.43. The molecule has 1 aliphatic rings. The van der Waals surface area contributed by atoms with Crippen molar-refractivity contribution in [3.63, 3.8) is 0 Å². The highest BCUT2D eigenvalue weighted by molar-refractivity contribution is 5.33. The molecule has 0 fully saturated rings. The van der Waals surface area contributed by atoms with E-state index in [2.05, 4.69) is 0 Å². The Balaban J connectivity index is 1.77. The molecular weight excluding hydrogens is 406 g/mol. The minimum Gasteiger partial charge on any atom is -0.350 e. The lowest BCUT2D eigenvalue weighted by molar-refractivity contribution is -0.137. The van der Waals surface area contributed by atoms with E-state index < -0.39 is 35.2 Å². The highest BCUT2D eigenvalue weighted by atomic mass is 19.4. The van der Waals surface area contributed by atoms with Crippen molar-refractivity contribution >= 4 is 0 Å². The molecule has 0 unspecified atom stereocenters. The molecule has 0 N–H and O–H groups in total. The molecule has 2 heterocycles. The lowest BCUT2D eigenvalue weighted by Gasteiger charge is -2.31. The van der Waals surface area contributed by atoms with Gasteiger partial charge in [-0.05, 0) is 36.2 Å². The quantitative estimate of drug-likeness (QED) is 0.374. The van der Waals surface area contributed by atoms with Crippen LogP contribution in [0.4, 0.5) is 26.3 Å². The number of hydrogen-bond acceptors (Lipinski definition) is 1. The average Bonchev–Trinajstić information content (AvgIpc) is 3.07. The summed E-state index contributed by atoms with van der Waals surface area (Å²) in [6.07, 6.45) is -1.99. The van der Waals surface area contributed by atoms with Crippen LogP contribution in [-0.2, 0) is 19.3 Å². The number of alkyl halides is 3. The Hall–Kier alpha value is -2.74. The van der Waals surface area contributed by atoms with E-state index in [-0.39, 0.29) is 12.1 Å². The van der Waals surface area contributed by atoms with Crippen molar-refractivity contribution in [3.05, 3.63) is 94.6 Å². The summed E-state index contributed by atoms with van der Waals surface area (Å²) < 4.78 is 83.4. The predicted octanol–water partition coefficient (Wildman–Crippen LogP) is 5.92. The summed E-state index contributed by atoms with van der Waals surface area (Å²) >= 11 is 0. The summed E-state index contributed by atoms with van der Waals surface area (Å²) in [5.74, 6) is -3.36. The standard InChI is InChI=1S/C22H18F6N2/c23-17-12-19(25)18(24)11-16(17)21-20-6-2-7-29(20)8-3-9-30(21)13-14-4-1-5-15(10-14)22(26,27)28/h1-2,4-7,10-12,21H,3,8-9,13H2/t21-/m0/s1. The summed E-state index contributed by atoms with van der Waals surface area (Å²) in [5, 5.41) is 0. The van der Waals surface area contributed by atoms with Gasteiger partial charge in [0, 0.05) is 43.2 Å². The minimum absolute atomic E-state index is 0.0530. The summed E-state index contributed by atoms with van der Waals surface area (Å²) in [5.41, 5.74) is 0.249. The van der Waals surface area contributed by atoms with Gasteiger partial charge in [-0.25, -0.2) is 13.2 Å². The normalized spacial score (nSPS) is 17.6. The number of rotatable bonds is 3. The zero-order chi connectivity index (χ0) is 21.5. The van der Waals surface area contributed by atoms with E-state index in [9.17, 15) is 26.3 Å². The lowest BCUT2D eigenvalue weighted by Crippen LogP contribution is -2.30. The SMILES string of the molecule is Fc1cc(F)c([C@H]2c3cccn3CCCN2Cc2cccc(C(F)(F)F)c2)cc1F. The van der Waals surface area contributed by atoms with Crippen molar-refractivity contribution in [2.24, 2.45) is 0 Å². The van der Waals surface area contributed by atoms with Crippen LogP contribution in [0.5, 0.6) is 0 Å². The van der Waals surface area contributed by atoms with Crippen LogP contribution < -0.4 is 0 Å². The highest BCUT2D eigenvalue weighted by Gasteiger charge is 2.33. The van der Waals surface area contributed by atoms with Gasteiger partial charge in [-0.2, -0.15) is 13.2 Å². The second kappa shape index (κ2) is 7.83. The molecule has 0 bridgehead atoms. The Labute approximate surface area is 169 Å². The summed E-state index contributed by atoms with van der Waals surface area (Å²) in [6, 6.07) is 9.04. The average molecular weight is 424 g/mol. The van der Waals surface area contributed by atoms with Gasteiger partial charge < -0.3 is 4.57 Å². The Bertz CT molecular complexity index is 1060. The fourth-order valence-electron chi connectivity index (χ4n) is 3.99. The molecule has 0 aliphatic carbocycles. The highest BCUT2D eigenvalue weighted by Crippen LogP contribution is 2.36. The van der Waals surface area contributed by atoms with Crippen LogP contribution in [-0.4, -0.2) is 16.0 Å². The monoisotopic (exact) mass is 424 g/mol. The van der Waals surface area contributed by atoms with E-state index in [4.69, 9.17) is 0 Å². The van der Waals surface area contributed by atoms with E-state index in [1.54, 1.807) is 23.1 Å². The van der Waals surface area contributed by atoms with Crippen molar-refractivity contribution < 1.29 is 26.3 Å². The molecule has 0 spiro atoms. The molecule has 4 rings (SSSR count). The van der Waals surface area contributed by atoms with Gasteiger partial charge in [-0.1, -0.05) is 18.2 Å². The van der Waals surface area contributed by atoms with Crippen LogP contribution in [0.3, 0.4) is 0 Å². The minimum atomic E-state index is -4.48. The molecule has 8 heteroatoms. The van der Waals surface area contributed by atoms with Crippen molar-refractivity contribution in [1.29, 1.82) is 0 Å².